The van der Waals surface area contributed by atoms with Gasteiger partial charge in [-0.3, -0.25) is 4.90 Å². The van der Waals surface area contributed by atoms with Crippen molar-refractivity contribution in [1.29, 1.82) is 0 Å². The molecule has 0 bridgehead atoms. The average Bonchev–Trinajstić information content (AvgIpc) is 3.21. The topological polar surface area (TPSA) is 128 Å². The molecule has 0 spiro atoms. The number of hydrogen-bond donors (Lipinski definition) is 2. The minimum atomic E-state index is -0.371. The van der Waals surface area contributed by atoms with Crippen molar-refractivity contribution in [2.75, 3.05) is 37.2 Å². The number of aromatic nitrogens is 4. The molecule has 2 aromatic carbocycles. The molecule has 1 aliphatic heterocycles. The number of rotatable bonds is 7. The molecule has 176 valence electrons. The lowest BCUT2D eigenvalue weighted by Crippen LogP contribution is -2.37. The number of aryl methyl sites for hydroxylation is 1. The Kier molecular flexibility index (Phi) is 5.97. The van der Waals surface area contributed by atoms with E-state index < -0.39 is 0 Å². The highest BCUT2D eigenvalue weighted by molar-refractivity contribution is 5.91. The Balaban J connectivity index is 1.16. The lowest BCUT2D eigenvalue weighted by molar-refractivity contribution is -0.392. The monoisotopic (exact) mass is 460 g/mol. The molecule has 1 saturated heterocycles. The van der Waals surface area contributed by atoms with Crippen LogP contribution in [0.1, 0.15) is 18.7 Å². The van der Waals surface area contributed by atoms with Gasteiger partial charge in [0.25, 0.3) is 0 Å². The molecule has 0 aliphatic carbocycles. The summed E-state index contributed by atoms with van der Waals surface area (Å²) >= 11 is 0. The second kappa shape index (κ2) is 9.22. The number of nitrogens with two attached hydrogens (primary N) is 1. The largest absolute Gasteiger partial charge is 0.397 e. The highest BCUT2D eigenvalue weighted by Crippen LogP contribution is 2.27. The first kappa shape index (κ1) is 22.0. The number of nitrogen functional groups attached to an aromatic ring is 1. The van der Waals surface area contributed by atoms with Crippen molar-refractivity contribution in [3.8, 4) is 0 Å². The molecule has 0 unspecified atom stereocenters. The van der Waals surface area contributed by atoms with E-state index in [-0.39, 0.29) is 10.7 Å². The van der Waals surface area contributed by atoms with Crippen LogP contribution in [0.3, 0.4) is 0 Å². The number of para-hydroxylation sites is 2. The number of anilines is 2. The highest BCUT2D eigenvalue weighted by atomic mass is 16.6. The van der Waals surface area contributed by atoms with Crippen molar-refractivity contribution in [3.63, 3.8) is 0 Å². The number of likely N-dealkylation sites (tertiary alicyclic amines) is 1. The molecular weight excluding hydrogens is 432 g/mol. The molecule has 3 N–H and O–H groups in total. The van der Waals surface area contributed by atoms with E-state index in [0.717, 1.165) is 66.8 Å². The minimum absolute atomic E-state index is 0.0576. The van der Waals surface area contributed by atoms with Crippen LogP contribution in [-0.2, 0) is 6.54 Å². The van der Waals surface area contributed by atoms with Gasteiger partial charge in [0.2, 0.25) is 0 Å². The van der Waals surface area contributed by atoms with Crippen LogP contribution in [0.25, 0.3) is 22.1 Å². The van der Waals surface area contributed by atoms with Gasteiger partial charge in [-0.1, -0.05) is 12.1 Å². The molecule has 10 nitrogen and oxygen atoms in total. The second-order valence-electron chi connectivity index (χ2n) is 8.88. The number of imidazole rings is 1. The molecule has 1 aliphatic rings. The Hall–Kier alpha value is -3.79. The van der Waals surface area contributed by atoms with Gasteiger partial charge in [0.05, 0.1) is 33.4 Å². The van der Waals surface area contributed by atoms with Crippen LogP contribution < -0.4 is 11.1 Å². The highest BCUT2D eigenvalue weighted by Gasteiger charge is 2.22. The third-order valence-corrected chi connectivity index (χ3v) is 6.66. The molecule has 2 aromatic heterocycles. The lowest BCUT2D eigenvalue weighted by atomic mass is 9.96. The number of fused-ring (bicyclic) bond motifs is 2. The summed E-state index contributed by atoms with van der Waals surface area (Å²) in [6.07, 6.45) is 3.46. The number of hydrogen-bond acceptors (Lipinski definition) is 8. The molecule has 0 atom stereocenters. The molecule has 10 heteroatoms. The summed E-state index contributed by atoms with van der Waals surface area (Å²) in [4.78, 5) is 26.7. The molecule has 5 rings (SSSR count). The van der Waals surface area contributed by atoms with Crippen LogP contribution in [0.5, 0.6) is 0 Å². The molecule has 0 saturated carbocycles. The summed E-state index contributed by atoms with van der Waals surface area (Å²) in [7, 11) is 0. The molecule has 0 radical (unpaired) electrons. The predicted octanol–water partition coefficient (Wildman–Crippen LogP) is 3.60. The Morgan fingerprint density at radius 2 is 1.76 bits per heavy atom. The number of benzene rings is 2. The van der Waals surface area contributed by atoms with Gasteiger partial charge in [0.1, 0.15) is 12.7 Å². The van der Waals surface area contributed by atoms with Gasteiger partial charge in [-0.25, -0.2) is 19.5 Å². The number of nitrogens with zero attached hydrogens (tertiary/aromatic N) is 6. The van der Waals surface area contributed by atoms with E-state index in [4.69, 9.17) is 10.7 Å². The molecule has 4 aromatic rings. The number of piperidine rings is 1. The maximum absolute atomic E-state index is 11.2. The first-order chi connectivity index (χ1) is 16.5. The van der Waals surface area contributed by atoms with Gasteiger partial charge >= 0.3 is 5.82 Å². The van der Waals surface area contributed by atoms with Crippen molar-refractivity contribution >= 4 is 39.3 Å². The Bertz CT molecular complexity index is 1340. The quantitative estimate of drug-likeness (QED) is 0.185. The number of nitro groups is 1. The van der Waals surface area contributed by atoms with E-state index in [1.54, 1.807) is 11.5 Å². The predicted molar refractivity (Wildman–Crippen MR) is 133 cm³/mol. The van der Waals surface area contributed by atoms with Crippen LogP contribution in [0.4, 0.5) is 17.2 Å². The van der Waals surface area contributed by atoms with Gasteiger partial charge in [-0.2, -0.15) is 0 Å². The summed E-state index contributed by atoms with van der Waals surface area (Å²) in [6.45, 7) is 5.95. The van der Waals surface area contributed by atoms with Crippen molar-refractivity contribution in [2.24, 2.45) is 5.92 Å². The summed E-state index contributed by atoms with van der Waals surface area (Å²) in [5.41, 5.74) is 11.2. The first-order valence-corrected chi connectivity index (χ1v) is 11.6. The van der Waals surface area contributed by atoms with Gasteiger partial charge in [-0.05, 0) is 61.0 Å². The van der Waals surface area contributed by atoms with Crippen LogP contribution in [0.15, 0.2) is 42.6 Å². The zero-order chi connectivity index (χ0) is 23.7. The average molecular weight is 461 g/mol. The zero-order valence-electron chi connectivity index (χ0n) is 19.1. The maximum Gasteiger partial charge on any atom is 0.342 e. The van der Waals surface area contributed by atoms with E-state index in [2.05, 4.69) is 20.2 Å². The molecule has 34 heavy (non-hydrogen) atoms. The minimum Gasteiger partial charge on any atom is -0.397 e. The van der Waals surface area contributed by atoms with Crippen LogP contribution in [0.2, 0.25) is 0 Å². The Morgan fingerprint density at radius 1 is 1.09 bits per heavy atom. The van der Waals surface area contributed by atoms with Crippen LogP contribution in [0, 0.1) is 23.0 Å². The third kappa shape index (κ3) is 4.49. The maximum atomic E-state index is 11.2. The third-order valence-electron chi connectivity index (χ3n) is 6.66. The number of nitrogens with one attached hydrogen (secondary N) is 1. The SMILES string of the molecule is Cc1ncc([N+](=O)[O-])n1CCN1CCC(CNc2cc3nc4ccccc4nc3cc2N)CC1. The fourth-order valence-corrected chi connectivity index (χ4v) is 4.63. The van der Waals surface area contributed by atoms with E-state index in [1.165, 1.54) is 6.20 Å². The van der Waals surface area contributed by atoms with Crippen molar-refractivity contribution in [1.82, 2.24) is 24.4 Å². The van der Waals surface area contributed by atoms with E-state index in [9.17, 15) is 10.1 Å². The Morgan fingerprint density at radius 3 is 2.44 bits per heavy atom. The molecular formula is C24H28N8O2. The molecule has 1 fully saturated rings. The molecule has 0 amide bonds. The fraction of sp³-hybridized carbons (Fsp3) is 0.375. The van der Waals surface area contributed by atoms with Crippen molar-refractivity contribution < 1.29 is 4.92 Å². The second-order valence-corrected chi connectivity index (χ2v) is 8.88. The van der Waals surface area contributed by atoms with E-state index in [1.807, 2.05) is 36.4 Å². The summed E-state index contributed by atoms with van der Waals surface area (Å²) in [6, 6.07) is 11.7. The van der Waals surface area contributed by atoms with Gasteiger partial charge in [0.15, 0.2) is 5.82 Å². The van der Waals surface area contributed by atoms with Gasteiger partial charge in [-0.15, -0.1) is 0 Å². The Labute approximate surface area is 197 Å². The van der Waals surface area contributed by atoms with Gasteiger partial charge < -0.3 is 21.2 Å². The standard InChI is InChI=1S/C24H28N8O2/c1-16-26-15-24(32(33)34)31(16)11-10-30-8-6-17(7-9-30)14-27-21-13-23-22(12-18(21)25)28-19-4-2-3-5-20(19)29-23/h2-5,12-13,15,17,27H,6-11,14,25H2,1H3. The van der Waals surface area contributed by atoms with Gasteiger partial charge in [0, 0.05) is 20.0 Å². The first-order valence-electron chi connectivity index (χ1n) is 11.6. The normalized spacial score (nSPS) is 15.2. The summed E-state index contributed by atoms with van der Waals surface area (Å²) < 4.78 is 1.68. The zero-order valence-corrected chi connectivity index (χ0v) is 19.1. The van der Waals surface area contributed by atoms with E-state index in [0.29, 0.717) is 24.0 Å². The smallest absolute Gasteiger partial charge is 0.342 e. The van der Waals surface area contributed by atoms with Crippen molar-refractivity contribution in [2.45, 2.75) is 26.3 Å². The summed E-state index contributed by atoms with van der Waals surface area (Å²) in [5, 5.41) is 14.7. The lowest BCUT2D eigenvalue weighted by Gasteiger charge is -2.31. The van der Waals surface area contributed by atoms with Crippen LogP contribution in [-0.4, -0.2) is 55.5 Å². The van der Waals surface area contributed by atoms with Crippen LogP contribution >= 0.6 is 0 Å². The fourth-order valence-electron chi connectivity index (χ4n) is 4.63. The van der Waals surface area contributed by atoms with Crippen molar-refractivity contribution in [3.05, 3.63) is 58.5 Å². The summed E-state index contributed by atoms with van der Waals surface area (Å²) in [5.74, 6) is 1.28. The molecule has 3 heterocycles. The van der Waals surface area contributed by atoms with E-state index >= 15 is 0 Å².